The number of hydrogen-bond acceptors (Lipinski definition) is 3. The zero-order valence-corrected chi connectivity index (χ0v) is 13.3. The Morgan fingerprint density at radius 3 is 2.45 bits per heavy atom. The second-order valence-corrected chi connectivity index (χ2v) is 7.11. The van der Waals surface area contributed by atoms with Crippen molar-refractivity contribution >= 4 is 31.6 Å². The molecule has 4 nitrogen and oxygen atoms in total. The van der Waals surface area contributed by atoms with E-state index in [2.05, 4.69) is 20.9 Å². The van der Waals surface area contributed by atoms with Crippen LogP contribution >= 0.6 is 15.9 Å². The number of Topliss-reactive ketones (excluding diaryl/α,β-unsaturated/α-hetero) is 1. The molecule has 0 aliphatic heterocycles. The van der Waals surface area contributed by atoms with E-state index in [9.17, 15) is 13.2 Å². The first-order valence-corrected chi connectivity index (χ1v) is 8.65. The fraction of sp³-hybridized carbons (Fsp3) is 0.214. The number of nitrogens with one attached hydrogen (secondary N) is 1. The van der Waals surface area contributed by atoms with Crippen LogP contribution in [0.15, 0.2) is 46.3 Å². The van der Waals surface area contributed by atoms with Crippen molar-refractivity contribution in [3.05, 3.63) is 47.8 Å². The van der Waals surface area contributed by atoms with Crippen LogP contribution in [0, 0.1) is 6.92 Å². The number of H-pyrrole nitrogens is 1. The second-order valence-electron chi connectivity index (χ2n) is 4.40. The number of aromatic amines is 1. The van der Waals surface area contributed by atoms with Crippen molar-refractivity contribution in [2.75, 3.05) is 5.33 Å². The van der Waals surface area contributed by atoms with Gasteiger partial charge in [0.2, 0.25) is 9.84 Å². The highest BCUT2D eigenvalue weighted by atomic mass is 79.9. The van der Waals surface area contributed by atoms with Gasteiger partial charge in [-0.15, -0.1) is 0 Å². The Balaban J connectivity index is 2.48. The molecular formula is C14H14BrNO3S. The molecule has 6 heteroatoms. The van der Waals surface area contributed by atoms with Crippen molar-refractivity contribution in [2.45, 2.75) is 23.1 Å². The number of alkyl halides is 1. The van der Waals surface area contributed by atoms with Crippen LogP contribution in [0.2, 0.25) is 0 Å². The highest BCUT2D eigenvalue weighted by Crippen LogP contribution is 2.24. The van der Waals surface area contributed by atoms with Crippen molar-refractivity contribution in [2.24, 2.45) is 0 Å². The first kappa shape index (κ1) is 15.0. The van der Waals surface area contributed by atoms with Gasteiger partial charge >= 0.3 is 0 Å². The number of carbonyl (C=O) groups excluding carboxylic acids is 1. The Kier molecular flexibility index (Phi) is 4.45. The summed E-state index contributed by atoms with van der Waals surface area (Å²) in [6, 6.07) is 8.00. The topological polar surface area (TPSA) is 67.0 Å². The fourth-order valence-electron chi connectivity index (χ4n) is 1.85. The van der Waals surface area contributed by atoms with Crippen LogP contribution in [-0.2, 0) is 9.84 Å². The molecule has 0 amide bonds. The van der Waals surface area contributed by atoms with E-state index in [1.807, 2.05) is 6.92 Å². The molecule has 0 unspecified atom stereocenters. The van der Waals surface area contributed by atoms with Gasteiger partial charge in [-0.2, -0.15) is 0 Å². The lowest BCUT2D eigenvalue weighted by Crippen LogP contribution is -2.09. The van der Waals surface area contributed by atoms with E-state index in [4.69, 9.17) is 0 Å². The number of hydrogen-bond donors (Lipinski definition) is 1. The molecule has 0 fully saturated rings. The van der Waals surface area contributed by atoms with Gasteiger partial charge in [0.05, 0.1) is 4.90 Å². The first-order chi connectivity index (χ1) is 9.46. The lowest BCUT2D eigenvalue weighted by molar-refractivity contribution is 0.0982. The quantitative estimate of drug-likeness (QED) is 0.661. The molecule has 2 rings (SSSR count). The third-order valence-corrected chi connectivity index (χ3v) is 5.14. The van der Waals surface area contributed by atoms with E-state index in [0.717, 1.165) is 5.56 Å². The minimum absolute atomic E-state index is 0.0345. The number of sulfone groups is 1. The van der Waals surface area contributed by atoms with Crippen LogP contribution in [0.5, 0.6) is 0 Å². The SMILES string of the molecule is Cc1ccc(S(=O)(=O)c2cc[nH]c2C(=O)CCBr)cc1. The number of rotatable bonds is 5. The van der Waals surface area contributed by atoms with Crippen LogP contribution in [0.4, 0.5) is 0 Å². The van der Waals surface area contributed by atoms with Gasteiger partial charge in [0.25, 0.3) is 0 Å². The van der Waals surface area contributed by atoms with Gasteiger partial charge in [0.15, 0.2) is 5.78 Å². The summed E-state index contributed by atoms with van der Waals surface area (Å²) < 4.78 is 25.1. The molecule has 20 heavy (non-hydrogen) atoms. The summed E-state index contributed by atoms with van der Waals surface area (Å²) in [5.74, 6) is -0.224. The summed E-state index contributed by atoms with van der Waals surface area (Å²) in [5.41, 5.74) is 1.12. The molecular weight excluding hydrogens is 342 g/mol. The third-order valence-electron chi connectivity index (χ3n) is 2.93. The minimum Gasteiger partial charge on any atom is -0.358 e. The Morgan fingerprint density at radius 1 is 1.20 bits per heavy atom. The van der Waals surface area contributed by atoms with Gasteiger partial charge in [-0.1, -0.05) is 33.6 Å². The minimum atomic E-state index is -3.67. The lowest BCUT2D eigenvalue weighted by Gasteiger charge is -2.05. The van der Waals surface area contributed by atoms with Crippen molar-refractivity contribution in [1.29, 1.82) is 0 Å². The van der Waals surface area contributed by atoms with Gasteiger partial charge in [0, 0.05) is 17.9 Å². The van der Waals surface area contributed by atoms with E-state index >= 15 is 0 Å². The van der Waals surface area contributed by atoms with Crippen LogP contribution < -0.4 is 0 Å². The summed E-state index contributed by atoms with van der Waals surface area (Å²) in [6.07, 6.45) is 1.72. The van der Waals surface area contributed by atoms with Crippen LogP contribution in [0.25, 0.3) is 0 Å². The molecule has 1 N–H and O–H groups in total. The van der Waals surface area contributed by atoms with Crippen molar-refractivity contribution in [1.82, 2.24) is 4.98 Å². The molecule has 0 radical (unpaired) electrons. The van der Waals surface area contributed by atoms with E-state index in [0.29, 0.717) is 5.33 Å². The van der Waals surface area contributed by atoms with E-state index < -0.39 is 9.84 Å². The molecule has 0 saturated carbocycles. The number of carbonyl (C=O) groups is 1. The maximum absolute atomic E-state index is 12.6. The maximum Gasteiger partial charge on any atom is 0.208 e. The molecule has 0 aliphatic rings. The largest absolute Gasteiger partial charge is 0.358 e. The molecule has 0 aliphatic carbocycles. The Morgan fingerprint density at radius 2 is 1.85 bits per heavy atom. The number of aromatic nitrogens is 1. The predicted molar refractivity (Wildman–Crippen MR) is 80.2 cm³/mol. The van der Waals surface area contributed by atoms with Crippen molar-refractivity contribution < 1.29 is 13.2 Å². The molecule has 0 bridgehead atoms. The van der Waals surface area contributed by atoms with Crippen LogP contribution in [0.1, 0.15) is 22.5 Å². The molecule has 1 heterocycles. The summed E-state index contributed by atoms with van der Waals surface area (Å²) in [7, 11) is -3.67. The Bertz CT molecular complexity index is 717. The molecule has 2 aromatic rings. The monoisotopic (exact) mass is 355 g/mol. The van der Waals surface area contributed by atoms with E-state index in [1.165, 1.54) is 12.3 Å². The van der Waals surface area contributed by atoms with Gasteiger partial charge in [-0.25, -0.2) is 8.42 Å². The molecule has 1 aromatic heterocycles. The van der Waals surface area contributed by atoms with Gasteiger partial charge < -0.3 is 4.98 Å². The Hall–Kier alpha value is -1.40. The van der Waals surface area contributed by atoms with Crippen LogP contribution in [-0.4, -0.2) is 24.5 Å². The number of halogens is 1. The van der Waals surface area contributed by atoms with E-state index in [1.54, 1.807) is 24.3 Å². The first-order valence-electron chi connectivity index (χ1n) is 6.05. The standard InChI is InChI=1S/C14H14BrNO3S/c1-10-2-4-11(5-3-10)20(18,19)13-7-9-16-14(13)12(17)6-8-15/h2-5,7,9,16H,6,8H2,1H3. The average Bonchev–Trinajstić information content (AvgIpc) is 2.89. The van der Waals surface area contributed by atoms with Gasteiger partial charge in [0.1, 0.15) is 10.6 Å². The summed E-state index contributed by atoms with van der Waals surface area (Å²) >= 11 is 3.18. The molecule has 0 saturated heterocycles. The van der Waals surface area contributed by atoms with Gasteiger partial charge in [-0.3, -0.25) is 4.79 Å². The van der Waals surface area contributed by atoms with Crippen molar-refractivity contribution in [3.8, 4) is 0 Å². The highest BCUT2D eigenvalue weighted by molar-refractivity contribution is 9.09. The third kappa shape index (κ3) is 2.86. The lowest BCUT2D eigenvalue weighted by atomic mass is 10.2. The fourth-order valence-corrected chi connectivity index (χ4v) is 3.65. The zero-order chi connectivity index (χ0) is 14.8. The average molecular weight is 356 g/mol. The number of ketones is 1. The normalized spacial score (nSPS) is 11.5. The van der Waals surface area contributed by atoms with Gasteiger partial charge in [-0.05, 0) is 25.1 Å². The van der Waals surface area contributed by atoms with Crippen molar-refractivity contribution in [3.63, 3.8) is 0 Å². The molecule has 0 atom stereocenters. The number of aryl methyl sites for hydroxylation is 1. The van der Waals surface area contributed by atoms with E-state index in [-0.39, 0.29) is 27.7 Å². The second kappa shape index (κ2) is 5.93. The van der Waals surface area contributed by atoms with Crippen LogP contribution in [0.3, 0.4) is 0 Å². The molecule has 1 aromatic carbocycles. The highest BCUT2D eigenvalue weighted by Gasteiger charge is 2.25. The summed E-state index contributed by atoms with van der Waals surface area (Å²) in [5, 5.41) is 0.495. The Labute approximate surface area is 126 Å². The predicted octanol–water partition coefficient (Wildman–Crippen LogP) is 3.12. The molecule has 106 valence electrons. The summed E-state index contributed by atoms with van der Waals surface area (Å²) in [6.45, 7) is 1.89. The maximum atomic E-state index is 12.6. The smallest absolute Gasteiger partial charge is 0.208 e. The summed E-state index contributed by atoms with van der Waals surface area (Å²) in [4.78, 5) is 14.9. The number of benzene rings is 1. The molecule has 0 spiro atoms. The zero-order valence-electron chi connectivity index (χ0n) is 10.9.